The molecular weight excluding hydrogens is 540 g/mol. The van der Waals surface area contributed by atoms with Gasteiger partial charge in [0.05, 0.1) is 22.7 Å². The van der Waals surface area contributed by atoms with Crippen LogP contribution in [0.5, 0.6) is 0 Å². The van der Waals surface area contributed by atoms with E-state index in [9.17, 15) is 24.3 Å². The second-order valence-corrected chi connectivity index (χ2v) is 14.0. The summed E-state index contributed by atoms with van der Waals surface area (Å²) in [4.78, 5) is 57.3. The molecule has 0 aromatic heterocycles. The van der Waals surface area contributed by atoms with Crippen LogP contribution in [0.4, 0.5) is 0 Å². The number of ketones is 3. The lowest BCUT2D eigenvalue weighted by Gasteiger charge is -2.61. The standard InChI is InChI=1S/C33H38O9/c1-17(2)9-10-20-23(34)19-12-13-28(5,6)39-24(19)25(35)33(20)40-26(36)21-15-30(38)16-22-29(7,8)41-31(27(30)37,14-11-18(3)4)32(21,22)42-33/h9,11-13,15,20,22,38H,10,14,16H2,1-8H3/t20?,22-,30-,31-,32+,33+/m0/s1. The Kier molecular flexibility index (Phi) is 5.85. The normalized spacial score (nSPS) is 40.3. The summed E-state index contributed by atoms with van der Waals surface area (Å²) in [6.07, 6.45) is 8.02. The first kappa shape index (κ1) is 29.0. The van der Waals surface area contributed by atoms with Gasteiger partial charge in [-0.15, -0.1) is 0 Å². The van der Waals surface area contributed by atoms with E-state index < -0.39 is 68.9 Å². The van der Waals surface area contributed by atoms with Gasteiger partial charge in [-0.2, -0.15) is 0 Å². The number of rotatable bonds is 4. The Bertz CT molecular complexity index is 1510. The SMILES string of the molecule is CC(C)=CCC1C(=O)C2=C(OC(C)(C)C=C2)C(=O)[C@@]12OC(=O)C1=C[C@]3(O)C[C@H]4C(C)(C)O[C@@](CC=C(C)C)(C3=O)[C@@]14O2. The zero-order valence-corrected chi connectivity index (χ0v) is 25.4. The van der Waals surface area contributed by atoms with Gasteiger partial charge in [-0.05, 0) is 86.5 Å². The van der Waals surface area contributed by atoms with Crippen LogP contribution in [0.25, 0.3) is 0 Å². The first-order valence-corrected chi connectivity index (χ1v) is 14.5. The maximum absolute atomic E-state index is 14.6. The van der Waals surface area contributed by atoms with Gasteiger partial charge in [0.15, 0.2) is 17.1 Å². The summed E-state index contributed by atoms with van der Waals surface area (Å²) in [6.45, 7) is 14.5. The highest BCUT2D eigenvalue weighted by molar-refractivity contribution is 6.19. The second-order valence-electron chi connectivity index (χ2n) is 14.0. The summed E-state index contributed by atoms with van der Waals surface area (Å²) < 4.78 is 25.6. The molecule has 4 aliphatic carbocycles. The summed E-state index contributed by atoms with van der Waals surface area (Å²) in [5.41, 5.74) is -5.81. The fourth-order valence-corrected chi connectivity index (χ4v) is 7.71. The molecule has 9 nitrogen and oxygen atoms in total. The Hall–Kier alpha value is -3.14. The lowest BCUT2D eigenvalue weighted by molar-refractivity contribution is -0.320. The van der Waals surface area contributed by atoms with Crippen LogP contribution < -0.4 is 0 Å². The maximum Gasteiger partial charge on any atom is 0.339 e. The molecule has 2 saturated heterocycles. The number of carbonyl (C=O) groups excluding carboxylic acids is 4. The third-order valence-corrected chi connectivity index (χ3v) is 9.59. The zero-order chi connectivity index (χ0) is 30.8. The molecule has 7 rings (SSSR count). The van der Waals surface area contributed by atoms with Gasteiger partial charge in [-0.25, -0.2) is 4.79 Å². The highest BCUT2D eigenvalue weighted by atomic mass is 16.8. The van der Waals surface area contributed by atoms with Crippen LogP contribution in [0.2, 0.25) is 0 Å². The Morgan fingerprint density at radius 3 is 2.29 bits per heavy atom. The molecule has 0 radical (unpaired) electrons. The molecule has 0 aromatic carbocycles. The predicted octanol–water partition coefficient (Wildman–Crippen LogP) is 3.90. The number of hydrogen-bond donors (Lipinski definition) is 1. The first-order chi connectivity index (χ1) is 19.4. The number of ether oxygens (including phenoxy) is 4. The summed E-state index contributed by atoms with van der Waals surface area (Å²) in [5.74, 6) is -7.49. The van der Waals surface area contributed by atoms with Gasteiger partial charge in [0, 0.05) is 12.3 Å². The number of Topliss-reactive ketones (excluding diaryl/α,β-unsaturated/α-hetero) is 3. The predicted molar refractivity (Wildman–Crippen MR) is 150 cm³/mol. The molecule has 1 N–H and O–H groups in total. The van der Waals surface area contributed by atoms with E-state index in [1.807, 2.05) is 27.7 Å². The molecule has 3 aliphatic heterocycles. The molecule has 9 heteroatoms. The molecule has 0 amide bonds. The Labute approximate surface area is 245 Å². The lowest BCUT2D eigenvalue weighted by Crippen LogP contribution is -2.80. The van der Waals surface area contributed by atoms with Gasteiger partial charge in [0.1, 0.15) is 16.8 Å². The Morgan fingerprint density at radius 2 is 1.64 bits per heavy atom. The molecule has 0 aromatic rings. The van der Waals surface area contributed by atoms with Gasteiger partial charge < -0.3 is 24.1 Å². The van der Waals surface area contributed by atoms with Crippen LogP contribution in [-0.2, 0) is 38.1 Å². The van der Waals surface area contributed by atoms with Crippen molar-refractivity contribution in [3.05, 3.63) is 58.4 Å². The van der Waals surface area contributed by atoms with E-state index in [0.717, 1.165) is 11.1 Å². The van der Waals surface area contributed by atoms with Gasteiger partial charge in [0.2, 0.25) is 5.78 Å². The number of carbonyl (C=O) groups is 4. The Morgan fingerprint density at radius 1 is 0.976 bits per heavy atom. The third kappa shape index (κ3) is 3.47. The van der Waals surface area contributed by atoms with Crippen LogP contribution in [0.3, 0.4) is 0 Å². The monoisotopic (exact) mass is 578 g/mol. The van der Waals surface area contributed by atoms with Crippen molar-refractivity contribution in [3.63, 3.8) is 0 Å². The maximum atomic E-state index is 14.6. The van der Waals surface area contributed by atoms with Crippen LogP contribution in [0.1, 0.15) is 74.7 Å². The smallest absolute Gasteiger partial charge is 0.339 e. The average Bonchev–Trinajstić information content (AvgIpc) is 3.03. The summed E-state index contributed by atoms with van der Waals surface area (Å²) >= 11 is 0. The molecule has 6 atom stereocenters. The fourth-order valence-electron chi connectivity index (χ4n) is 7.71. The number of hydrogen-bond acceptors (Lipinski definition) is 9. The van der Waals surface area contributed by atoms with E-state index >= 15 is 0 Å². The average molecular weight is 579 g/mol. The van der Waals surface area contributed by atoms with Gasteiger partial charge >= 0.3 is 5.97 Å². The minimum absolute atomic E-state index is 0.0158. The summed E-state index contributed by atoms with van der Waals surface area (Å²) in [7, 11) is 0. The molecular formula is C33H38O9. The topological polar surface area (TPSA) is 125 Å². The van der Waals surface area contributed by atoms with E-state index in [1.165, 1.54) is 6.08 Å². The molecule has 1 unspecified atom stereocenters. The van der Waals surface area contributed by atoms with E-state index in [4.69, 9.17) is 18.9 Å². The number of esters is 1. The molecule has 224 valence electrons. The molecule has 4 bridgehead atoms. The van der Waals surface area contributed by atoms with Crippen molar-refractivity contribution in [1.29, 1.82) is 0 Å². The second kappa shape index (κ2) is 8.49. The molecule has 7 aliphatic rings. The van der Waals surface area contributed by atoms with Crippen molar-refractivity contribution in [2.75, 3.05) is 0 Å². The highest BCUT2D eigenvalue weighted by Gasteiger charge is 2.86. The van der Waals surface area contributed by atoms with Crippen molar-refractivity contribution < 1.29 is 43.2 Å². The molecule has 2 spiro atoms. The Balaban J connectivity index is 1.63. The quantitative estimate of drug-likeness (QED) is 0.391. The minimum Gasteiger partial charge on any atom is -0.479 e. The van der Waals surface area contributed by atoms with Crippen LogP contribution in [-0.4, -0.2) is 62.2 Å². The largest absolute Gasteiger partial charge is 0.479 e. The summed E-state index contributed by atoms with van der Waals surface area (Å²) in [6, 6.07) is 0. The fraction of sp³-hybridized carbons (Fsp3) is 0.576. The molecule has 3 fully saturated rings. The van der Waals surface area contributed by atoms with Crippen molar-refractivity contribution in [2.24, 2.45) is 11.8 Å². The zero-order valence-electron chi connectivity index (χ0n) is 25.4. The van der Waals surface area contributed by atoms with E-state index in [0.29, 0.717) is 0 Å². The molecule has 1 saturated carbocycles. The van der Waals surface area contributed by atoms with Gasteiger partial charge in [-0.3, -0.25) is 14.4 Å². The highest BCUT2D eigenvalue weighted by Crippen LogP contribution is 2.69. The molecule has 42 heavy (non-hydrogen) atoms. The minimum atomic E-state index is -2.43. The van der Waals surface area contributed by atoms with E-state index in [2.05, 4.69) is 0 Å². The summed E-state index contributed by atoms with van der Waals surface area (Å²) in [5, 5.41) is 11.6. The van der Waals surface area contributed by atoms with Gasteiger partial charge in [0.25, 0.3) is 11.6 Å². The van der Waals surface area contributed by atoms with Crippen molar-refractivity contribution in [2.45, 2.75) is 108 Å². The number of allylic oxidation sites excluding steroid dienone is 5. The van der Waals surface area contributed by atoms with Crippen LogP contribution in [0, 0.1) is 11.8 Å². The van der Waals surface area contributed by atoms with E-state index in [-0.39, 0.29) is 36.2 Å². The van der Waals surface area contributed by atoms with Crippen molar-refractivity contribution in [1.82, 2.24) is 0 Å². The molecule has 3 heterocycles. The first-order valence-electron chi connectivity index (χ1n) is 14.5. The third-order valence-electron chi connectivity index (χ3n) is 9.59. The van der Waals surface area contributed by atoms with Crippen molar-refractivity contribution in [3.8, 4) is 0 Å². The van der Waals surface area contributed by atoms with Gasteiger partial charge in [-0.1, -0.05) is 23.3 Å². The van der Waals surface area contributed by atoms with Crippen LogP contribution in [0.15, 0.2) is 58.4 Å². The number of aliphatic hydroxyl groups is 1. The van der Waals surface area contributed by atoms with Crippen molar-refractivity contribution >= 4 is 23.3 Å². The van der Waals surface area contributed by atoms with E-state index in [1.54, 1.807) is 52.0 Å². The lowest BCUT2D eigenvalue weighted by atomic mass is 9.50. The van der Waals surface area contributed by atoms with Crippen LogP contribution >= 0.6 is 0 Å².